The molecule has 0 bridgehead atoms. The normalized spacial score (nSPS) is 14.2. The van der Waals surface area contributed by atoms with Crippen molar-refractivity contribution >= 4 is 17.4 Å². The highest BCUT2D eigenvalue weighted by Crippen LogP contribution is 2.34. The Morgan fingerprint density at radius 3 is 2.68 bits per heavy atom. The van der Waals surface area contributed by atoms with Crippen LogP contribution in [-0.2, 0) is 4.79 Å². The summed E-state index contributed by atoms with van der Waals surface area (Å²) in [6.45, 7) is 0. The first-order chi connectivity index (χ1) is 10.8. The molecule has 1 aliphatic rings. The molecule has 0 N–H and O–H groups in total. The minimum Gasteiger partial charge on any atom is -0.298 e. The standard InChI is InChI=1S/C19H13N2O/c20-12-15-5-1-2-6-17(15)18-11-14(8-9-16(18)13-22)19-7-3-4-10-21-19/h1-7,9-11,13H,8H2. The number of nitrogens with zero attached hydrogens (tertiary/aromatic N) is 2. The Bertz CT molecular complexity index is 811. The molecular weight excluding hydrogens is 272 g/mol. The van der Waals surface area contributed by atoms with Gasteiger partial charge in [-0.05, 0) is 53.8 Å². The van der Waals surface area contributed by atoms with Gasteiger partial charge in [0.05, 0.1) is 17.3 Å². The van der Waals surface area contributed by atoms with E-state index in [1.165, 1.54) is 0 Å². The van der Waals surface area contributed by atoms with Crippen molar-refractivity contribution in [3.8, 4) is 6.07 Å². The van der Waals surface area contributed by atoms with Crippen LogP contribution >= 0.6 is 0 Å². The summed E-state index contributed by atoms with van der Waals surface area (Å²) in [5.41, 5.74) is 4.64. The van der Waals surface area contributed by atoms with Crippen LogP contribution in [0, 0.1) is 17.8 Å². The minimum atomic E-state index is 0.559. The summed E-state index contributed by atoms with van der Waals surface area (Å²) < 4.78 is 0. The SMILES string of the molecule is N#Cc1ccccc1C1=C(C=O)[CH]CC(c2ccccn2)=C1. The Balaban J connectivity index is 2.14. The third-order valence-electron chi connectivity index (χ3n) is 3.63. The number of benzene rings is 1. The van der Waals surface area contributed by atoms with Crippen molar-refractivity contribution in [1.29, 1.82) is 5.26 Å². The van der Waals surface area contributed by atoms with E-state index in [2.05, 4.69) is 11.1 Å². The number of pyridine rings is 1. The van der Waals surface area contributed by atoms with Gasteiger partial charge in [0.2, 0.25) is 0 Å². The van der Waals surface area contributed by atoms with Crippen LogP contribution in [0.15, 0.2) is 60.3 Å². The number of aromatic nitrogens is 1. The second kappa shape index (κ2) is 6.19. The molecule has 3 nitrogen and oxygen atoms in total. The van der Waals surface area contributed by atoms with E-state index >= 15 is 0 Å². The van der Waals surface area contributed by atoms with Crippen LogP contribution in [0.25, 0.3) is 11.1 Å². The number of aldehydes is 1. The van der Waals surface area contributed by atoms with Crippen molar-refractivity contribution in [2.75, 3.05) is 0 Å². The molecule has 1 aromatic heterocycles. The number of hydrogen-bond acceptors (Lipinski definition) is 3. The molecule has 0 atom stereocenters. The summed E-state index contributed by atoms with van der Waals surface area (Å²) in [7, 11) is 0. The number of hydrogen-bond donors (Lipinski definition) is 0. The van der Waals surface area contributed by atoms with Crippen LogP contribution in [0.4, 0.5) is 0 Å². The molecule has 1 aliphatic carbocycles. The molecule has 1 radical (unpaired) electrons. The Morgan fingerprint density at radius 2 is 1.95 bits per heavy atom. The molecule has 0 fully saturated rings. The molecule has 2 aromatic rings. The zero-order valence-corrected chi connectivity index (χ0v) is 11.9. The number of nitriles is 1. The van der Waals surface area contributed by atoms with Crippen LogP contribution < -0.4 is 0 Å². The Kier molecular flexibility index (Phi) is 3.93. The van der Waals surface area contributed by atoms with Crippen LogP contribution in [0.2, 0.25) is 0 Å². The average molecular weight is 285 g/mol. The van der Waals surface area contributed by atoms with E-state index in [9.17, 15) is 10.1 Å². The molecule has 0 unspecified atom stereocenters. The lowest BCUT2D eigenvalue weighted by Crippen LogP contribution is -2.03. The van der Waals surface area contributed by atoms with Gasteiger partial charge in [0.15, 0.2) is 0 Å². The lowest BCUT2D eigenvalue weighted by Gasteiger charge is -2.17. The maximum absolute atomic E-state index is 11.4. The van der Waals surface area contributed by atoms with E-state index in [1.807, 2.05) is 48.9 Å². The van der Waals surface area contributed by atoms with E-state index in [0.29, 0.717) is 17.6 Å². The maximum atomic E-state index is 11.4. The van der Waals surface area contributed by atoms with Crippen molar-refractivity contribution < 1.29 is 4.79 Å². The van der Waals surface area contributed by atoms with Gasteiger partial charge >= 0.3 is 0 Å². The predicted octanol–water partition coefficient (Wildman–Crippen LogP) is 3.60. The zero-order valence-electron chi connectivity index (χ0n) is 11.9. The second-order valence-electron chi connectivity index (χ2n) is 4.94. The fourth-order valence-corrected chi connectivity index (χ4v) is 2.54. The second-order valence-corrected chi connectivity index (χ2v) is 4.94. The Hall–Kier alpha value is -2.99. The van der Waals surface area contributed by atoms with Gasteiger partial charge in [0, 0.05) is 11.8 Å². The largest absolute Gasteiger partial charge is 0.298 e. The highest BCUT2D eigenvalue weighted by atomic mass is 16.1. The number of carbonyl (C=O) groups excluding carboxylic acids is 1. The molecule has 3 rings (SSSR count). The van der Waals surface area contributed by atoms with Gasteiger partial charge in [-0.2, -0.15) is 5.26 Å². The summed E-state index contributed by atoms with van der Waals surface area (Å²) in [6, 6.07) is 15.2. The number of rotatable bonds is 3. The molecule has 0 amide bonds. The first-order valence-corrected chi connectivity index (χ1v) is 6.97. The number of allylic oxidation sites excluding steroid dienone is 4. The lowest BCUT2D eigenvalue weighted by molar-refractivity contribution is -0.104. The van der Waals surface area contributed by atoms with E-state index in [-0.39, 0.29) is 0 Å². The van der Waals surface area contributed by atoms with Crippen LogP contribution in [0.3, 0.4) is 0 Å². The smallest absolute Gasteiger partial charge is 0.146 e. The Morgan fingerprint density at radius 1 is 1.14 bits per heavy atom. The molecule has 1 heterocycles. The van der Waals surface area contributed by atoms with Crippen molar-refractivity contribution in [1.82, 2.24) is 4.98 Å². The van der Waals surface area contributed by atoms with Gasteiger partial charge < -0.3 is 0 Å². The van der Waals surface area contributed by atoms with E-state index in [0.717, 1.165) is 28.7 Å². The molecule has 3 heteroatoms. The first-order valence-electron chi connectivity index (χ1n) is 6.97. The fourth-order valence-electron chi connectivity index (χ4n) is 2.54. The van der Waals surface area contributed by atoms with Gasteiger partial charge in [0.25, 0.3) is 0 Å². The molecule has 1 aromatic carbocycles. The van der Waals surface area contributed by atoms with Gasteiger partial charge in [-0.1, -0.05) is 24.3 Å². The molecule has 0 saturated carbocycles. The van der Waals surface area contributed by atoms with Gasteiger partial charge in [-0.25, -0.2) is 0 Å². The van der Waals surface area contributed by atoms with E-state index < -0.39 is 0 Å². The van der Waals surface area contributed by atoms with Crippen molar-refractivity contribution in [2.45, 2.75) is 6.42 Å². The summed E-state index contributed by atoms with van der Waals surface area (Å²) in [6.07, 6.45) is 7.10. The highest BCUT2D eigenvalue weighted by molar-refractivity contribution is 6.00. The zero-order chi connectivity index (χ0) is 15.4. The molecular formula is C19H13N2O. The summed E-state index contributed by atoms with van der Waals surface area (Å²) in [5.74, 6) is 0. The monoisotopic (exact) mass is 285 g/mol. The summed E-state index contributed by atoms with van der Waals surface area (Å²) in [5, 5.41) is 9.29. The third kappa shape index (κ3) is 2.59. The average Bonchev–Trinajstić information content (AvgIpc) is 2.62. The van der Waals surface area contributed by atoms with Crippen molar-refractivity contribution in [3.63, 3.8) is 0 Å². The number of carbonyl (C=O) groups is 1. The van der Waals surface area contributed by atoms with Crippen molar-refractivity contribution in [2.24, 2.45) is 0 Å². The van der Waals surface area contributed by atoms with Gasteiger partial charge in [-0.3, -0.25) is 9.78 Å². The van der Waals surface area contributed by atoms with Gasteiger partial charge in [-0.15, -0.1) is 0 Å². The molecule has 22 heavy (non-hydrogen) atoms. The quantitative estimate of drug-likeness (QED) is 0.810. The molecule has 0 saturated heterocycles. The molecule has 0 spiro atoms. The van der Waals surface area contributed by atoms with Crippen LogP contribution in [0.1, 0.15) is 23.2 Å². The van der Waals surface area contributed by atoms with Gasteiger partial charge in [0.1, 0.15) is 6.29 Å². The minimum absolute atomic E-state index is 0.559. The van der Waals surface area contributed by atoms with Crippen LogP contribution in [0.5, 0.6) is 0 Å². The summed E-state index contributed by atoms with van der Waals surface area (Å²) in [4.78, 5) is 15.7. The lowest BCUT2D eigenvalue weighted by atomic mass is 9.86. The highest BCUT2D eigenvalue weighted by Gasteiger charge is 2.18. The Labute approximate surface area is 129 Å². The van der Waals surface area contributed by atoms with E-state index in [1.54, 1.807) is 12.3 Å². The van der Waals surface area contributed by atoms with E-state index in [4.69, 9.17) is 0 Å². The predicted molar refractivity (Wildman–Crippen MR) is 85.3 cm³/mol. The third-order valence-corrected chi connectivity index (χ3v) is 3.63. The van der Waals surface area contributed by atoms with Crippen molar-refractivity contribution in [3.05, 3.63) is 83.6 Å². The fraction of sp³-hybridized carbons (Fsp3) is 0.0526. The molecule has 105 valence electrons. The van der Waals surface area contributed by atoms with Crippen LogP contribution in [-0.4, -0.2) is 11.3 Å². The topological polar surface area (TPSA) is 53.8 Å². The maximum Gasteiger partial charge on any atom is 0.146 e. The summed E-state index contributed by atoms with van der Waals surface area (Å²) >= 11 is 0. The first kappa shape index (κ1) is 14.0. The molecule has 0 aliphatic heterocycles.